The van der Waals surface area contributed by atoms with Gasteiger partial charge in [0, 0.05) is 19.2 Å². The second kappa shape index (κ2) is 8.15. The molecule has 0 radical (unpaired) electrons. The molecular weight excluding hydrogens is 251 g/mol. The van der Waals surface area contributed by atoms with Crippen molar-refractivity contribution in [1.82, 2.24) is 4.90 Å². The molecule has 0 aliphatic carbocycles. The molecule has 0 aromatic rings. The van der Waals surface area contributed by atoms with Crippen LogP contribution in [0.2, 0.25) is 0 Å². The summed E-state index contributed by atoms with van der Waals surface area (Å²) in [7, 11) is 0. The number of hydrogen-bond donors (Lipinski definition) is 2. The fourth-order valence-corrected chi connectivity index (χ4v) is 1.32. The van der Waals surface area contributed by atoms with Crippen molar-refractivity contribution in [3.05, 3.63) is 0 Å². The summed E-state index contributed by atoms with van der Waals surface area (Å²) in [4.78, 5) is 1.88. The fourth-order valence-electron chi connectivity index (χ4n) is 1.32. The van der Waals surface area contributed by atoms with Crippen LogP contribution < -0.4 is 5.73 Å². The number of alkyl halides is 3. The molecule has 0 aromatic carbocycles. The average Bonchev–Trinajstić information content (AvgIpc) is 2.24. The Morgan fingerprint density at radius 2 is 2.06 bits per heavy atom. The summed E-state index contributed by atoms with van der Waals surface area (Å²) in [5, 5.41) is 11.3. The van der Waals surface area contributed by atoms with E-state index in [-0.39, 0.29) is 25.0 Å². The third kappa shape index (κ3) is 9.06. The van der Waals surface area contributed by atoms with E-state index in [9.17, 15) is 13.2 Å². The second-order valence-electron chi connectivity index (χ2n) is 4.18. The number of nitrogens with zero attached hydrogens (tertiary/aromatic N) is 2. The molecule has 0 saturated carbocycles. The van der Waals surface area contributed by atoms with Crippen molar-refractivity contribution in [2.45, 2.75) is 32.5 Å². The Labute approximate surface area is 104 Å². The third-order valence-corrected chi connectivity index (χ3v) is 2.22. The quantitative estimate of drug-likeness (QED) is 0.230. The van der Waals surface area contributed by atoms with Crippen molar-refractivity contribution in [3.8, 4) is 0 Å². The van der Waals surface area contributed by atoms with Crippen LogP contribution in [0.25, 0.3) is 0 Å². The van der Waals surface area contributed by atoms with Crippen LogP contribution in [0, 0.1) is 0 Å². The Kier molecular flexibility index (Phi) is 7.69. The molecule has 18 heavy (non-hydrogen) atoms. The Balaban J connectivity index is 3.85. The van der Waals surface area contributed by atoms with E-state index in [1.165, 1.54) is 0 Å². The molecular formula is C10H20F3N3O2. The van der Waals surface area contributed by atoms with Gasteiger partial charge in [0.25, 0.3) is 0 Å². The molecule has 0 spiro atoms. The van der Waals surface area contributed by atoms with Crippen molar-refractivity contribution in [2.24, 2.45) is 10.9 Å². The summed E-state index contributed by atoms with van der Waals surface area (Å²) in [5.41, 5.74) is 5.38. The summed E-state index contributed by atoms with van der Waals surface area (Å²) in [5.74, 6) is 0.0694. The first-order valence-electron chi connectivity index (χ1n) is 5.61. The van der Waals surface area contributed by atoms with Crippen molar-refractivity contribution in [1.29, 1.82) is 0 Å². The largest absolute Gasteiger partial charge is 0.411 e. The van der Waals surface area contributed by atoms with Gasteiger partial charge in [-0.15, -0.1) is 0 Å². The fraction of sp³-hybridized carbons (Fsp3) is 0.900. The summed E-state index contributed by atoms with van der Waals surface area (Å²) in [6.07, 6.45) is -3.83. The van der Waals surface area contributed by atoms with E-state index in [0.29, 0.717) is 13.0 Å². The van der Waals surface area contributed by atoms with Crippen LogP contribution in [-0.4, -0.2) is 54.5 Å². The van der Waals surface area contributed by atoms with E-state index in [0.717, 1.165) is 0 Å². The zero-order valence-corrected chi connectivity index (χ0v) is 10.6. The van der Waals surface area contributed by atoms with Gasteiger partial charge in [-0.05, 0) is 20.3 Å². The van der Waals surface area contributed by atoms with Crippen LogP contribution in [0.5, 0.6) is 0 Å². The van der Waals surface area contributed by atoms with Gasteiger partial charge in [0.2, 0.25) is 0 Å². The van der Waals surface area contributed by atoms with Gasteiger partial charge < -0.3 is 15.7 Å². The van der Waals surface area contributed by atoms with Crippen molar-refractivity contribution in [3.63, 3.8) is 0 Å². The minimum absolute atomic E-state index is 0.0267. The van der Waals surface area contributed by atoms with Gasteiger partial charge in [-0.3, -0.25) is 4.90 Å². The van der Waals surface area contributed by atoms with E-state index < -0.39 is 12.8 Å². The highest BCUT2D eigenvalue weighted by Gasteiger charge is 2.27. The summed E-state index contributed by atoms with van der Waals surface area (Å²) >= 11 is 0. The Morgan fingerprint density at radius 1 is 1.44 bits per heavy atom. The number of rotatable bonds is 8. The number of amidine groups is 1. The van der Waals surface area contributed by atoms with Crippen LogP contribution >= 0.6 is 0 Å². The van der Waals surface area contributed by atoms with Gasteiger partial charge in [0.05, 0.1) is 6.54 Å². The monoisotopic (exact) mass is 271 g/mol. The van der Waals surface area contributed by atoms with Gasteiger partial charge in [-0.1, -0.05) is 5.16 Å². The number of nitrogens with two attached hydrogens (primary N) is 1. The van der Waals surface area contributed by atoms with E-state index in [2.05, 4.69) is 9.89 Å². The Hall–Kier alpha value is -1.02. The molecule has 0 bridgehead atoms. The highest BCUT2D eigenvalue weighted by molar-refractivity contribution is 5.81. The lowest BCUT2D eigenvalue weighted by Crippen LogP contribution is -2.39. The maximum absolute atomic E-state index is 11.8. The molecule has 108 valence electrons. The summed E-state index contributed by atoms with van der Waals surface area (Å²) in [6.45, 7) is 3.43. The molecule has 0 saturated heterocycles. The maximum Gasteiger partial charge on any atom is 0.411 e. The molecule has 0 atom stereocenters. The molecule has 0 unspecified atom stereocenters. The first-order valence-corrected chi connectivity index (χ1v) is 5.61. The van der Waals surface area contributed by atoms with Gasteiger partial charge in [0.1, 0.15) is 6.61 Å². The minimum Gasteiger partial charge on any atom is -0.409 e. The van der Waals surface area contributed by atoms with Gasteiger partial charge >= 0.3 is 6.18 Å². The van der Waals surface area contributed by atoms with Gasteiger partial charge in [-0.25, -0.2) is 0 Å². The van der Waals surface area contributed by atoms with Crippen LogP contribution in [0.4, 0.5) is 13.2 Å². The molecule has 8 heteroatoms. The second-order valence-corrected chi connectivity index (χ2v) is 4.18. The normalized spacial score (nSPS) is 13.6. The van der Waals surface area contributed by atoms with E-state index >= 15 is 0 Å². The minimum atomic E-state index is -4.29. The first-order chi connectivity index (χ1) is 8.26. The summed E-state index contributed by atoms with van der Waals surface area (Å²) < 4.78 is 39.9. The molecule has 0 fully saturated rings. The average molecular weight is 271 g/mol. The Morgan fingerprint density at radius 3 is 2.50 bits per heavy atom. The lowest BCUT2D eigenvalue weighted by molar-refractivity contribution is -0.174. The predicted octanol–water partition coefficient (Wildman–Crippen LogP) is 1.41. The zero-order chi connectivity index (χ0) is 14.2. The smallest absolute Gasteiger partial charge is 0.409 e. The van der Waals surface area contributed by atoms with Crippen LogP contribution in [0.15, 0.2) is 5.16 Å². The van der Waals surface area contributed by atoms with Crippen LogP contribution in [0.3, 0.4) is 0 Å². The lowest BCUT2D eigenvalue weighted by Gasteiger charge is -2.25. The third-order valence-electron chi connectivity index (χ3n) is 2.22. The highest BCUT2D eigenvalue weighted by Crippen LogP contribution is 2.14. The molecule has 0 aromatic heterocycles. The molecule has 0 rings (SSSR count). The maximum atomic E-state index is 11.8. The molecule has 3 N–H and O–H groups in total. The van der Waals surface area contributed by atoms with Gasteiger partial charge in [0.15, 0.2) is 5.84 Å². The van der Waals surface area contributed by atoms with Crippen LogP contribution in [-0.2, 0) is 4.74 Å². The first kappa shape index (κ1) is 17.0. The van der Waals surface area contributed by atoms with Crippen molar-refractivity contribution in [2.75, 3.05) is 26.3 Å². The summed E-state index contributed by atoms with van der Waals surface area (Å²) in [6, 6.07) is 0.146. The standard InChI is InChI=1S/C10H20F3N3O2/c1-8(2)16(6-9(14)15-17)4-3-5-18-7-10(11,12)13/h8,17H,3-7H2,1-2H3,(H2,14,15). The molecule has 0 aliphatic rings. The number of hydrogen-bond acceptors (Lipinski definition) is 4. The predicted molar refractivity (Wildman–Crippen MR) is 61.6 cm³/mol. The van der Waals surface area contributed by atoms with E-state index in [1.54, 1.807) is 0 Å². The molecule has 0 aliphatic heterocycles. The van der Waals surface area contributed by atoms with E-state index in [4.69, 9.17) is 10.9 Å². The van der Waals surface area contributed by atoms with Gasteiger partial charge in [-0.2, -0.15) is 13.2 Å². The number of halogens is 3. The number of oxime groups is 1. The molecule has 5 nitrogen and oxygen atoms in total. The van der Waals surface area contributed by atoms with Crippen LogP contribution in [0.1, 0.15) is 20.3 Å². The molecule has 0 heterocycles. The molecule has 0 amide bonds. The van der Waals surface area contributed by atoms with Crippen molar-refractivity contribution < 1.29 is 23.1 Å². The Bertz CT molecular complexity index is 257. The lowest BCUT2D eigenvalue weighted by atomic mass is 10.3. The SMILES string of the molecule is CC(C)N(CCCOCC(F)(F)F)CC(N)=NO. The zero-order valence-electron chi connectivity index (χ0n) is 10.6. The number of ether oxygens (including phenoxy) is 1. The highest BCUT2D eigenvalue weighted by atomic mass is 19.4. The van der Waals surface area contributed by atoms with E-state index in [1.807, 2.05) is 18.7 Å². The topological polar surface area (TPSA) is 71.1 Å². The van der Waals surface area contributed by atoms with Crippen molar-refractivity contribution >= 4 is 5.84 Å².